The Morgan fingerprint density at radius 3 is 2.28 bits per heavy atom. The van der Waals surface area contributed by atoms with E-state index in [0.717, 1.165) is 5.56 Å². The molecule has 0 aromatic heterocycles. The molecule has 2 amide bonds. The Bertz CT molecular complexity index is 1100. The zero-order valence-electron chi connectivity index (χ0n) is 16.6. The maximum atomic E-state index is 12.2. The summed E-state index contributed by atoms with van der Waals surface area (Å²) in [5.74, 6) is -0.587. The van der Waals surface area contributed by atoms with Crippen LogP contribution in [0.4, 0.5) is 5.69 Å². The van der Waals surface area contributed by atoms with Gasteiger partial charge in [-0.05, 0) is 48.0 Å². The van der Waals surface area contributed by atoms with Crippen molar-refractivity contribution >= 4 is 29.1 Å². The third kappa shape index (κ3) is 6.44. The highest BCUT2D eigenvalue weighted by atomic mass is 35.5. The molecule has 0 aliphatic rings. The first-order chi connectivity index (χ1) is 15.4. The van der Waals surface area contributed by atoms with Crippen molar-refractivity contribution in [1.82, 2.24) is 10.9 Å². The van der Waals surface area contributed by atoms with Gasteiger partial charge in [0.05, 0.1) is 4.92 Å². The van der Waals surface area contributed by atoms with E-state index in [9.17, 15) is 19.7 Å². The van der Waals surface area contributed by atoms with Gasteiger partial charge in [0.1, 0.15) is 12.4 Å². The summed E-state index contributed by atoms with van der Waals surface area (Å²) in [6.45, 7) is -0.199. The number of nitro groups is 1. The van der Waals surface area contributed by atoms with Crippen molar-refractivity contribution in [3.8, 4) is 11.5 Å². The molecule has 0 spiro atoms. The molecule has 164 valence electrons. The number of carbonyl (C=O) groups is 2. The fourth-order valence-electron chi connectivity index (χ4n) is 2.56. The molecule has 3 aromatic rings. The van der Waals surface area contributed by atoms with E-state index in [2.05, 4.69) is 10.9 Å². The lowest BCUT2D eigenvalue weighted by Gasteiger charge is -2.10. The molecule has 3 aromatic carbocycles. The third-order valence-corrected chi connectivity index (χ3v) is 4.42. The predicted molar refractivity (Wildman–Crippen MR) is 116 cm³/mol. The normalized spacial score (nSPS) is 10.2. The van der Waals surface area contributed by atoms with E-state index in [1.165, 1.54) is 18.2 Å². The van der Waals surface area contributed by atoms with Crippen LogP contribution in [0.2, 0.25) is 5.02 Å². The molecule has 9 nitrogen and oxygen atoms in total. The lowest BCUT2D eigenvalue weighted by atomic mass is 10.1. The number of benzene rings is 3. The molecule has 0 bridgehead atoms. The number of nitro benzene ring substituents is 1. The van der Waals surface area contributed by atoms with Crippen molar-refractivity contribution in [2.45, 2.75) is 6.61 Å². The van der Waals surface area contributed by atoms with Crippen LogP contribution in [0.25, 0.3) is 0 Å². The zero-order chi connectivity index (χ0) is 22.9. The van der Waals surface area contributed by atoms with E-state index in [0.29, 0.717) is 22.9 Å². The molecule has 0 saturated heterocycles. The van der Waals surface area contributed by atoms with Crippen molar-refractivity contribution in [3.63, 3.8) is 0 Å². The van der Waals surface area contributed by atoms with Crippen LogP contribution in [0, 0.1) is 10.1 Å². The lowest BCUT2D eigenvalue weighted by Crippen LogP contribution is -2.43. The van der Waals surface area contributed by atoms with Gasteiger partial charge in [-0.15, -0.1) is 0 Å². The highest BCUT2D eigenvalue weighted by Crippen LogP contribution is 2.25. The monoisotopic (exact) mass is 455 g/mol. The SMILES string of the molecule is O=C(COc1ccccc1[N+](=O)[O-])NNC(=O)c1ccc(COc2ccc(Cl)cc2)cc1. The molecule has 3 rings (SSSR count). The van der Waals surface area contributed by atoms with Gasteiger partial charge in [0.15, 0.2) is 12.4 Å². The molecule has 0 aliphatic carbocycles. The Kier molecular flexibility index (Phi) is 7.60. The summed E-state index contributed by atoms with van der Waals surface area (Å²) in [6, 6.07) is 19.3. The molecular formula is C22H18ClN3O6. The van der Waals surface area contributed by atoms with Gasteiger partial charge in [-0.2, -0.15) is 0 Å². The van der Waals surface area contributed by atoms with Crippen molar-refractivity contribution in [3.05, 3.63) is 99.1 Å². The number of nitrogens with one attached hydrogen (secondary N) is 2. The fraction of sp³-hybridized carbons (Fsp3) is 0.0909. The highest BCUT2D eigenvalue weighted by molar-refractivity contribution is 6.30. The van der Waals surface area contributed by atoms with Gasteiger partial charge < -0.3 is 9.47 Å². The summed E-state index contributed by atoms with van der Waals surface area (Å²) >= 11 is 5.83. The van der Waals surface area contributed by atoms with Crippen LogP contribution in [0.3, 0.4) is 0 Å². The number of amides is 2. The molecule has 0 atom stereocenters. The van der Waals surface area contributed by atoms with Gasteiger partial charge in [-0.3, -0.25) is 30.6 Å². The van der Waals surface area contributed by atoms with Crippen molar-refractivity contribution in [2.24, 2.45) is 0 Å². The largest absolute Gasteiger partial charge is 0.489 e. The van der Waals surface area contributed by atoms with Crippen LogP contribution in [0.1, 0.15) is 15.9 Å². The van der Waals surface area contributed by atoms with E-state index in [1.54, 1.807) is 54.6 Å². The number of carbonyl (C=O) groups excluding carboxylic acids is 2. The smallest absolute Gasteiger partial charge is 0.310 e. The Hall–Kier alpha value is -4.11. The summed E-state index contributed by atoms with van der Waals surface area (Å²) in [5.41, 5.74) is 5.36. The van der Waals surface area contributed by atoms with Crippen LogP contribution < -0.4 is 20.3 Å². The second-order valence-corrected chi connectivity index (χ2v) is 6.89. The first-order valence-electron chi connectivity index (χ1n) is 9.35. The minimum Gasteiger partial charge on any atom is -0.489 e. The number of hydrogen-bond acceptors (Lipinski definition) is 6. The number of hydrogen-bond donors (Lipinski definition) is 2. The van der Waals surface area contributed by atoms with Crippen molar-refractivity contribution in [1.29, 1.82) is 0 Å². The summed E-state index contributed by atoms with van der Waals surface area (Å²) in [6.07, 6.45) is 0. The zero-order valence-corrected chi connectivity index (χ0v) is 17.4. The molecule has 0 heterocycles. The minimum absolute atomic E-state index is 0.0459. The Morgan fingerprint density at radius 2 is 1.59 bits per heavy atom. The molecule has 32 heavy (non-hydrogen) atoms. The van der Waals surface area contributed by atoms with E-state index < -0.39 is 23.3 Å². The predicted octanol–water partition coefficient (Wildman–Crippen LogP) is 3.67. The molecule has 0 radical (unpaired) electrons. The number of hydrazine groups is 1. The van der Waals surface area contributed by atoms with E-state index in [-0.39, 0.29) is 11.4 Å². The van der Waals surface area contributed by atoms with Crippen molar-refractivity contribution < 1.29 is 24.0 Å². The van der Waals surface area contributed by atoms with Gasteiger partial charge in [0, 0.05) is 16.7 Å². The van der Waals surface area contributed by atoms with E-state index in [4.69, 9.17) is 21.1 Å². The van der Waals surface area contributed by atoms with Crippen LogP contribution >= 0.6 is 11.6 Å². The summed E-state index contributed by atoms with van der Waals surface area (Å²) in [7, 11) is 0. The van der Waals surface area contributed by atoms with Gasteiger partial charge in [0.2, 0.25) is 0 Å². The average Bonchev–Trinajstić information content (AvgIpc) is 2.81. The van der Waals surface area contributed by atoms with Crippen LogP contribution in [0.15, 0.2) is 72.8 Å². The summed E-state index contributed by atoms with van der Waals surface area (Å²) < 4.78 is 10.8. The van der Waals surface area contributed by atoms with Crippen LogP contribution in [-0.2, 0) is 11.4 Å². The molecule has 10 heteroatoms. The quantitative estimate of drug-likeness (QED) is 0.395. The van der Waals surface area contributed by atoms with Crippen molar-refractivity contribution in [2.75, 3.05) is 6.61 Å². The number of rotatable bonds is 8. The molecule has 0 aliphatic heterocycles. The van der Waals surface area contributed by atoms with Gasteiger partial charge in [-0.1, -0.05) is 35.9 Å². The van der Waals surface area contributed by atoms with Gasteiger partial charge in [0.25, 0.3) is 11.8 Å². The molecular weight excluding hydrogens is 438 g/mol. The first kappa shape index (κ1) is 22.6. The number of para-hydroxylation sites is 2. The fourth-order valence-corrected chi connectivity index (χ4v) is 2.68. The topological polar surface area (TPSA) is 120 Å². The molecule has 0 fully saturated rings. The second-order valence-electron chi connectivity index (χ2n) is 6.46. The van der Waals surface area contributed by atoms with E-state index >= 15 is 0 Å². The van der Waals surface area contributed by atoms with E-state index in [1.807, 2.05) is 0 Å². The summed E-state index contributed by atoms with van der Waals surface area (Å²) in [5, 5.41) is 11.6. The standard InChI is InChI=1S/C22H18ClN3O6/c23-17-9-11-18(12-10-17)31-13-15-5-7-16(8-6-15)22(28)25-24-21(27)14-32-20-4-2-1-3-19(20)26(29)30/h1-12H,13-14H2,(H,24,27)(H,25,28). The molecule has 2 N–H and O–H groups in total. The third-order valence-electron chi connectivity index (χ3n) is 4.17. The molecule has 0 saturated carbocycles. The average molecular weight is 456 g/mol. The van der Waals surface area contributed by atoms with Gasteiger partial charge >= 0.3 is 5.69 Å². The first-order valence-corrected chi connectivity index (χ1v) is 9.73. The van der Waals surface area contributed by atoms with Crippen LogP contribution in [0.5, 0.6) is 11.5 Å². The molecule has 0 unspecified atom stereocenters. The minimum atomic E-state index is -0.676. The summed E-state index contributed by atoms with van der Waals surface area (Å²) in [4.78, 5) is 34.4. The Morgan fingerprint density at radius 1 is 0.906 bits per heavy atom. The maximum Gasteiger partial charge on any atom is 0.310 e. The number of nitrogens with zero attached hydrogens (tertiary/aromatic N) is 1. The van der Waals surface area contributed by atoms with Gasteiger partial charge in [-0.25, -0.2) is 0 Å². The highest BCUT2D eigenvalue weighted by Gasteiger charge is 2.15. The maximum absolute atomic E-state index is 12.2. The lowest BCUT2D eigenvalue weighted by molar-refractivity contribution is -0.385. The number of ether oxygens (including phenoxy) is 2. The Labute approximate surface area is 188 Å². The van der Waals surface area contributed by atoms with Crippen LogP contribution in [-0.4, -0.2) is 23.3 Å². The Balaban J connectivity index is 1.44. The number of halogens is 1. The second kappa shape index (κ2) is 10.8.